The highest BCUT2D eigenvalue weighted by Crippen LogP contribution is 2.16. The summed E-state index contributed by atoms with van der Waals surface area (Å²) in [5.74, 6) is 5.97. The Morgan fingerprint density at radius 3 is 2.23 bits per heavy atom. The first kappa shape index (κ1) is 15.9. The number of nitrogens with two attached hydrogens (primary N) is 1. The quantitative estimate of drug-likeness (QED) is 0.411. The van der Waals surface area contributed by atoms with Gasteiger partial charge in [0.2, 0.25) is 6.20 Å². The molecule has 0 unspecified atom stereocenters. The SMILES string of the molecule is CS(=O)(=O)[O-].N[n+]1cc(-c2ccccc2)nc2ccccc21. The molecule has 114 valence electrons. The van der Waals surface area contributed by atoms with Gasteiger partial charge in [0.1, 0.15) is 11.2 Å². The zero-order chi connectivity index (χ0) is 16.2. The molecule has 3 rings (SSSR count). The minimum atomic E-state index is -3.92. The van der Waals surface area contributed by atoms with E-state index in [0.717, 1.165) is 22.3 Å². The lowest BCUT2D eigenvalue weighted by Gasteiger charge is -2.00. The molecule has 22 heavy (non-hydrogen) atoms. The topological polar surface area (TPSA) is 100.0 Å². The second-order valence-corrected chi connectivity index (χ2v) is 6.00. The van der Waals surface area contributed by atoms with Gasteiger partial charge < -0.3 is 4.55 Å². The van der Waals surface area contributed by atoms with Gasteiger partial charge in [-0.1, -0.05) is 47.1 Å². The molecule has 0 amide bonds. The minimum Gasteiger partial charge on any atom is -0.748 e. The van der Waals surface area contributed by atoms with Crippen molar-refractivity contribution in [1.29, 1.82) is 0 Å². The molecule has 3 aromatic rings. The Balaban J connectivity index is 0.000000309. The summed E-state index contributed by atoms with van der Waals surface area (Å²) in [6, 6.07) is 17.9. The highest BCUT2D eigenvalue weighted by molar-refractivity contribution is 7.84. The Morgan fingerprint density at radius 1 is 1.05 bits per heavy atom. The molecule has 0 bridgehead atoms. The molecule has 0 saturated heterocycles. The number of rotatable bonds is 1. The predicted molar refractivity (Wildman–Crippen MR) is 83.1 cm³/mol. The van der Waals surface area contributed by atoms with Crippen molar-refractivity contribution in [2.24, 2.45) is 0 Å². The van der Waals surface area contributed by atoms with E-state index in [9.17, 15) is 0 Å². The van der Waals surface area contributed by atoms with Crippen molar-refractivity contribution < 1.29 is 17.6 Å². The zero-order valence-electron chi connectivity index (χ0n) is 11.9. The summed E-state index contributed by atoms with van der Waals surface area (Å²) in [5, 5.41) is 0. The molecule has 0 fully saturated rings. The summed E-state index contributed by atoms with van der Waals surface area (Å²) in [7, 11) is -3.92. The molecule has 0 spiro atoms. The first-order valence-electron chi connectivity index (χ1n) is 6.37. The van der Waals surface area contributed by atoms with Crippen LogP contribution in [0, 0.1) is 0 Å². The number of hydrogen-bond acceptors (Lipinski definition) is 5. The molecule has 0 aliphatic carbocycles. The third kappa shape index (κ3) is 4.51. The van der Waals surface area contributed by atoms with Crippen LogP contribution in [0.15, 0.2) is 60.8 Å². The van der Waals surface area contributed by atoms with Crippen LogP contribution in [0.25, 0.3) is 22.3 Å². The van der Waals surface area contributed by atoms with E-state index in [1.807, 2.05) is 60.8 Å². The molecule has 0 saturated carbocycles. The van der Waals surface area contributed by atoms with E-state index < -0.39 is 10.1 Å². The lowest BCUT2D eigenvalue weighted by atomic mass is 10.1. The molecule has 0 aliphatic rings. The molecular formula is C15H15N3O3S. The molecule has 0 aliphatic heterocycles. The summed E-state index contributed by atoms with van der Waals surface area (Å²) >= 11 is 0. The van der Waals surface area contributed by atoms with Gasteiger partial charge in [0.25, 0.3) is 5.52 Å². The van der Waals surface area contributed by atoms with E-state index in [1.54, 1.807) is 4.68 Å². The monoisotopic (exact) mass is 317 g/mol. The van der Waals surface area contributed by atoms with Crippen LogP contribution in [0.5, 0.6) is 0 Å². The molecule has 2 N–H and O–H groups in total. The van der Waals surface area contributed by atoms with Crippen molar-refractivity contribution in [2.45, 2.75) is 0 Å². The summed E-state index contributed by atoms with van der Waals surface area (Å²) in [6.07, 6.45) is 2.45. The Hall–Kier alpha value is -2.51. The van der Waals surface area contributed by atoms with Crippen LogP contribution in [-0.2, 0) is 10.1 Å². The van der Waals surface area contributed by atoms with Gasteiger partial charge in [0.05, 0.1) is 10.1 Å². The largest absolute Gasteiger partial charge is 0.748 e. The second-order valence-electron chi connectivity index (χ2n) is 4.59. The average molecular weight is 317 g/mol. The van der Waals surface area contributed by atoms with Crippen LogP contribution >= 0.6 is 0 Å². The standard InChI is InChI=1S/C14H12N3.CH4O3S/c15-17-10-13(11-6-2-1-3-7-11)16-12-8-4-5-9-14(12)17;1-5(2,3)4/h1-10H,(H2,15,16);1H3,(H,2,3,4)/q+1;/p-1. The van der Waals surface area contributed by atoms with Crippen molar-refractivity contribution in [1.82, 2.24) is 4.98 Å². The third-order valence-corrected chi connectivity index (χ3v) is 2.73. The van der Waals surface area contributed by atoms with E-state index >= 15 is 0 Å². The van der Waals surface area contributed by atoms with E-state index in [2.05, 4.69) is 4.98 Å². The first-order valence-corrected chi connectivity index (χ1v) is 8.19. The number of aromatic nitrogens is 2. The Kier molecular flexibility index (Phi) is 4.69. The maximum absolute atomic E-state index is 9.08. The van der Waals surface area contributed by atoms with Crippen molar-refractivity contribution in [3.8, 4) is 11.3 Å². The summed E-state index contributed by atoms with van der Waals surface area (Å²) in [4.78, 5) is 4.61. The van der Waals surface area contributed by atoms with Gasteiger partial charge in [-0.15, -0.1) is 0 Å². The van der Waals surface area contributed by atoms with Crippen molar-refractivity contribution in [3.63, 3.8) is 0 Å². The van der Waals surface area contributed by atoms with Crippen LogP contribution in [0.2, 0.25) is 0 Å². The van der Waals surface area contributed by atoms with Crippen molar-refractivity contribution >= 4 is 21.2 Å². The maximum atomic E-state index is 9.08. The van der Waals surface area contributed by atoms with Gasteiger partial charge in [-0.2, -0.15) is 0 Å². The van der Waals surface area contributed by atoms with E-state index in [1.165, 1.54) is 0 Å². The summed E-state index contributed by atoms with van der Waals surface area (Å²) < 4.78 is 28.8. The van der Waals surface area contributed by atoms with Gasteiger partial charge in [-0.25, -0.2) is 19.2 Å². The molecular weight excluding hydrogens is 302 g/mol. The molecule has 0 radical (unpaired) electrons. The lowest BCUT2D eigenvalue weighted by molar-refractivity contribution is -0.611. The number of para-hydroxylation sites is 2. The fraction of sp³-hybridized carbons (Fsp3) is 0.0667. The molecule has 7 heteroatoms. The molecule has 6 nitrogen and oxygen atoms in total. The van der Waals surface area contributed by atoms with E-state index in [-0.39, 0.29) is 0 Å². The zero-order valence-corrected chi connectivity index (χ0v) is 12.7. The fourth-order valence-electron chi connectivity index (χ4n) is 1.88. The highest BCUT2D eigenvalue weighted by atomic mass is 32.2. The lowest BCUT2D eigenvalue weighted by Crippen LogP contribution is -2.45. The molecule has 0 atom stereocenters. The van der Waals surface area contributed by atoms with E-state index in [0.29, 0.717) is 6.26 Å². The average Bonchev–Trinajstić information content (AvgIpc) is 2.46. The second kappa shape index (κ2) is 6.50. The van der Waals surface area contributed by atoms with Gasteiger partial charge in [0, 0.05) is 17.9 Å². The number of nitrogen functional groups attached to an aromatic ring is 1. The number of benzene rings is 2. The first-order chi connectivity index (χ1) is 10.3. The van der Waals surface area contributed by atoms with Gasteiger partial charge in [-0.3, -0.25) is 0 Å². The Morgan fingerprint density at radius 2 is 1.59 bits per heavy atom. The van der Waals surface area contributed by atoms with Crippen molar-refractivity contribution in [3.05, 3.63) is 60.8 Å². The maximum Gasteiger partial charge on any atom is 0.260 e. The molecule has 2 aromatic carbocycles. The van der Waals surface area contributed by atoms with Crippen LogP contribution in [0.3, 0.4) is 0 Å². The van der Waals surface area contributed by atoms with Crippen LogP contribution in [0.1, 0.15) is 0 Å². The van der Waals surface area contributed by atoms with Crippen LogP contribution in [0.4, 0.5) is 0 Å². The van der Waals surface area contributed by atoms with Gasteiger partial charge in [-0.05, 0) is 6.07 Å². The predicted octanol–water partition coefficient (Wildman–Crippen LogP) is 1.06. The smallest absolute Gasteiger partial charge is 0.260 e. The van der Waals surface area contributed by atoms with Crippen LogP contribution in [-0.4, -0.2) is 24.2 Å². The number of hydrogen-bond donors (Lipinski definition) is 1. The summed E-state index contributed by atoms with van der Waals surface area (Å²) in [5.41, 5.74) is 3.77. The highest BCUT2D eigenvalue weighted by Gasteiger charge is 2.10. The Bertz CT molecular complexity index is 873. The normalized spacial score (nSPS) is 10.8. The summed E-state index contributed by atoms with van der Waals surface area (Å²) in [6.45, 7) is 0. The number of fused-ring (bicyclic) bond motifs is 1. The van der Waals surface area contributed by atoms with Gasteiger partial charge >= 0.3 is 0 Å². The van der Waals surface area contributed by atoms with Crippen molar-refractivity contribution in [2.75, 3.05) is 12.1 Å². The van der Waals surface area contributed by atoms with E-state index in [4.69, 9.17) is 18.8 Å². The molecule has 1 heterocycles. The van der Waals surface area contributed by atoms with Crippen LogP contribution < -0.4 is 10.5 Å². The fourth-order valence-corrected chi connectivity index (χ4v) is 1.88. The Labute approximate surface area is 128 Å². The minimum absolute atomic E-state index is 0.604. The number of nitrogens with zero attached hydrogens (tertiary/aromatic N) is 2. The third-order valence-electron chi connectivity index (χ3n) is 2.73. The molecule has 1 aromatic heterocycles. The van der Waals surface area contributed by atoms with Gasteiger partial charge in [0.15, 0.2) is 0 Å².